The van der Waals surface area contributed by atoms with Crippen LogP contribution in [0, 0.1) is 0 Å². The second-order valence-electron chi connectivity index (χ2n) is 5.48. The third-order valence-corrected chi connectivity index (χ3v) is 4.18. The molecule has 3 nitrogen and oxygen atoms in total. The second kappa shape index (κ2) is 4.81. The Labute approximate surface area is 110 Å². The minimum atomic E-state index is 0.665. The lowest BCUT2D eigenvalue weighted by atomic mass is 10.0. The second-order valence-corrected chi connectivity index (χ2v) is 5.48. The summed E-state index contributed by atoms with van der Waals surface area (Å²) in [6, 6.07) is 6.79. The Balaban J connectivity index is 1.85. The molecule has 1 aromatic carbocycles. The van der Waals surface area contributed by atoms with Gasteiger partial charge in [-0.1, -0.05) is 19.1 Å². The van der Waals surface area contributed by atoms with Crippen molar-refractivity contribution in [3.63, 3.8) is 0 Å². The molecule has 0 bridgehead atoms. The normalized spacial score (nSPS) is 21.3. The molecule has 3 rings (SSSR count). The number of rotatable bonds is 4. The molecule has 1 atom stereocenters. The van der Waals surface area contributed by atoms with Gasteiger partial charge in [-0.05, 0) is 24.6 Å². The van der Waals surface area contributed by atoms with Gasteiger partial charge in [0.25, 0.3) is 0 Å². The average molecular weight is 245 g/mol. The average Bonchev–Trinajstić information content (AvgIpc) is 2.75. The lowest BCUT2D eigenvalue weighted by Gasteiger charge is -2.34. The van der Waals surface area contributed by atoms with Crippen LogP contribution in [0.3, 0.4) is 0 Å². The van der Waals surface area contributed by atoms with Gasteiger partial charge in [0.2, 0.25) is 0 Å². The predicted molar refractivity (Wildman–Crippen MR) is 77.8 cm³/mol. The fraction of sp³-hybridized carbons (Fsp3) is 0.600. The first-order valence-corrected chi connectivity index (χ1v) is 7.11. The van der Waals surface area contributed by atoms with E-state index in [1.165, 1.54) is 30.9 Å². The summed E-state index contributed by atoms with van der Waals surface area (Å²) < 4.78 is 0. The van der Waals surface area contributed by atoms with Gasteiger partial charge in [0, 0.05) is 39.1 Å². The van der Waals surface area contributed by atoms with Gasteiger partial charge in [0.05, 0.1) is 11.4 Å². The zero-order chi connectivity index (χ0) is 12.5. The van der Waals surface area contributed by atoms with Gasteiger partial charge < -0.3 is 15.1 Å². The maximum Gasteiger partial charge on any atom is 0.0641 e. The standard InChI is InChI=1S/C15H23N3/c1-3-7-16-10-12-11-18-9-8-17(2)14-6-4-5-13(12)15(14)18/h4-6,12,16H,3,7-11H2,1-2H3. The number of likely N-dealkylation sites (N-methyl/N-ethyl adjacent to an activating group) is 1. The summed E-state index contributed by atoms with van der Waals surface area (Å²) in [6.07, 6.45) is 1.21. The summed E-state index contributed by atoms with van der Waals surface area (Å²) >= 11 is 0. The van der Waals surface area contributed by atoms with Crippen molar-refractivity contribution >= 4 is 11.4 Å². The fourth-order valence-corrected chi connectivity index (χ4v) is 3.21. The van der Waals surface area contributed by atoms with Crippen LogP contribution in [-0.2, 0) is 0 Å². The van der Waals surface area contributed by atoms with Crippen molar-refractivity contribution in [3.05, 3.63) is 23.8 Å². The van der Waals surface area contributed by atoms with Crippen LogP contribution < -0.4 is 15.1 Å². The fourth-order valence-electron chi connectivity index (χ4n) is 3.21. The molecule has 18 heavy (non-hydrogen) atoms. The molecule has 0 aliphatic carbocycles. The molecule has 1 unspecified atom stereocenters. The maximum absolute atomic E-state index is 3.57. The first-order chi connectivity index (χ1) is 8.81. The van der Waals surface area contributed by atoms with Crippen molar-refractivity contribution in [2.75, 3.05) is 49.6 Å². The summed E-state index contributed by atoms with van der Waals surface area (Å²) in [5.41, 5.74) is 4.45. The van der Waals surface area contributed by atoms with Crippen LogP contribution in [0.4, 0.5) is 11.4 Å². The van der Waals surface area contributed by atoms with Crippen molar-refractivity contribution in [2.45, 2.75) is 19.3 Å². The Morgan fingerprint density at radius 2 is 2.22 bits per heavy atom. The first kappa shape index (κ1) is 11.8. The van der Waals surface area contributed by atoms with E-state index in [1.54, 1.807) is 5.56 Å². The lowest BCUT2D eigenvalue weighted by Crippen LogP contribution is -2.38. The zero-order valence-corrected chi connectivity index (χ0v) is 11.4. The quantitative estimate of drug-likeness (QED) is 0.819. The number of hydrogen-bond acceptors (Lipinski definition) is 3. The van der Waals surface area contributed by atoms with Gasteiger partial charge >= 0.3 is 0 Å². The van der Waals surface area contributed by atoms with Crippen molar-refractivity contribution in [1.29, 1.82) is 0 Å². The van der Waals surface area contributed by atoms with Gasteiger partial charge in [-0.2, -0.15) is 0 Å². The molecule has 2 aliphatic rings. The molecule has 98 valence electrons. The summed E-state index contributed by atoms with van der Waals surface area (Å²) in [4.78, 5) is 4.96. The van der Waals surface area contributed by atoms with Crippen molar-refractivity contribution in [1.82, 2.24) is 5.32 Å². The van der Waals surface area contributed by atoms with Gasteiger partial charge in [-0.3, -0.25) is 0 Å². The number of benzene rings is 1. The molecule has 0 saturated carbocycles. The molecule has 1 N–H and O–H groups in total. The highest BCUT2D eigenvalue weighted by Crippen LogP contribution is 2.44. The Bertz CT molecular complexity index is 430. The van der Waals surface area contributed by atoms with Crippen LogP contribution in [-0.4, -0.2) is 39.8 Å². The van der Waals surface area contributed by atoms with Crippen LogP contribution in [0.5, 0.6) is 0 Å². The van der Waals surface area contributed by atoms with E-state index in [1.807, 2.05) is 0 Å². The molecule has 0 amide bonds. The highest BCUT2D eigenvalue weighted by molar-refractivity contribution is 5.79. The molecule has 0 aromatic heterocycles. The number of hydrogen-bond donors (Lipinski definition) is 1. The minimum Gasteiger partial charge on any atom is -0.371 e. The SMILES string of the molecule is CCCNCC1CN2CCN(C)c3cccc1c32. The van der Waals surface area contributed by atoms with E-state index >= 15 is 0 Å². The van der Waals surface area contributed by atoms with Gasteiger partial charge in [-0.25, -0.2) is 0 Å². The van der Waals surface area contributed by atoms with Crippen LogP contribution >= 0.6 is 0 Å². The highest BCUT2D eigenvalue weighted by atomic mass is 15.3. The van der Waals surface area contributed by atoms with Gasteiger partial charge in [-0.15, -0.1) is 0 Å². The third-order valence-electron chi connectivity index (χ3n) is 4.18. The number of anilines is 2. The van der Waals surface area contributed by atoms with E-state index in [9.17, 15) is 0 Å². The molecular formula is C15H23N3. The molecule has 2 heterocycles. The maximum atomic E-state index is 3.57. The van der Waals surface area contributed by atoms with Gasteiger partial charge in [0.1, 0.15) is 0 Å². The summed E-state index contributed by atoms with van der Waals surface area (Å²) in [5, 5.41) is 3.57. The molecule has 1 aromatic rings. The van der Waals surface area contributed by atoms with Crippen LogP contribution in [0.2, 0.25) is 0 Å². The largest absolute Gasteiger partial charge is 0.371 e. The summed E-state index contributed by atoms with van der Waals surface area (Å²) in [6.45, 7) is 7.98. The predicted octanol–water partition coefficient (Wildman–Crippen LogP) is 2.04. The Morgan fingerprint density at radius 3 is 3.06 bits per heavy atom. The summed E-state index contributed by atoms with van der Waals surface area (Å²) in [5.74, 6) is 0.665. The molecule has 2 aliphatic heterocycles. The van der Waals surface area contributed by atoms with Crippen molar-refractivity contribution < 1.29 is 0 Å². The van der Waals surface area contributed by atoms with E-state index in [4.69, 9.17) is 0 Å². The Kier molecular flexibility index (Phi) is 3.16. The van der Waals surface area contributed by atoms with E-state index in [2.05, 4.69) is 47.3 Å². The Morgan fingerprint density at radius 1 is 1.33 bits per heavy atom. The molecule has 0 radical (unpaired) electrons. The van der Waals surface area contributed by atoms with Crippen LogP contribution in [0.25, 0.3) is 0 Å². The molecule has 0 saturated heterocycles. The topological polar surface area (TPSA) is 18.5 Å². The van der Waals surface area contributed by atoms with Gasteiger partial charge in [0.15, 0.2) is 0 Å². The molecular weight excluding hydrogens is 222 g/mol. The van der Waals surface area contributed by atoms with E-state index in [-0.39, 0.29) is 0 Å². The van der Waals surface area contributed by atoms with Crippen LogP contribution in [0.1, 0.15) is 24.8 Å². The Hall–Kier alpha value is -1.22. The minimum absolute atomic E-state index is 0.665. The number of para-hydroxylation sites is 1. The number of nitrogens with one attached hydrogen (secondary N) is 1. The smallest absolute Gasteiger partial charge is 0.0641 e. The van der Waals surface area contributed by atoms with E-state index < -0.39 is 0 Å². The third kappa shape index (κ3) is 1.87. The molecule has 0 spiro atoms. The van der Waals surface area contributed by atoms with Crippen molar-refractivity contribution in [2.24, 2.45) is 0 Å². The lowest BCUT2D eigenvalue weighted by molar-refractivity contribution is 0.588. The summed E-state index contributed by atoms with van der Waals surface area (Å²) in [7, 11) is 2.20. The van der Waals surface area contributed by atoms with Crippen LogP contribution in [0.15, 0.2) is 18.2 Å². The van der Waals surface area contributed by atoms with E-state index in [0.717, 1.165) is 19.6 Å². The zero-order valence-electron chi connectivity index (χ0n) is 11.4. The highest BCUT2D eigenvalue weighted by Gasteiger charge is 2.33. The van der Waals surface area contributed by atoms with Crippen molar-refractivity contribution in [3.8, 4) is 0 Å². The molecule has 0 fully saturated rings. The first-order valence-electron chi connectivity index (χ1n) is 7.11. The molecule has 3 heteroatoms. The number of nitrogens with zero attached hydrogens (tertiary/aromatic N) is 2. The monoisotopic (exact) mass is 245 g/mol. The van der Waals surface area contributed by atoms with E-state index in [0.29, 0.717) is 5.92 Å².